The van der Waals surface area contributed by atoms with Crippen molar-refractivity contribution < 1.29 is 17.7 Å². The lowest BCUT2D eigenvalue weighted by atomic mass is 9.86. The summed E-state index contributed by atoms with van der Waals surface area (Å²) in [6.45, 7) is 0.397. The summed E-state index contributed by atoms with van der Waals surface area (Å²) in [7, 11) is 0. The van der Waals surface area contributed by atoms with Gasteiger partial charge >= 0.3 is 6.18 Å². The summed E-state index contributed by atoms with van der Waals surface area (Å²) in [5.41, 5.74) is 5.43. The van der Waals surface area contributed by atoms with Gasteiger partial charge in [-0.25, -0.2) is 0 Å². The summed E-state index contributed by atoms with van der Waals surface area (Å²) >= 11 is 0. The predicted molar refractivity (Wildman–Crippen MR) is 57.9 cm³/mol. The summed E-state index contributed by atoms with van der Waals surface area (Å²) in [6, 6.07) is 0. The summed E-state index contributed by atoms with van der Waals surface area (Å²) in [6.07, 6.45) is -1.56. The minimum Gasteiger partial charge on any atom is -0.339 e. The molecule has 0 aromatic carbocycles. The minimum absolute atomic E-state index is 0.113. The highest BCUT2D eigenvalue weighted by atomic mass is 19.4. The molecule has 0 saturated heterocycles. The van der Waals surface area contributed by atoms with E-state index in [1.54, 1.807) is 0 Å². The van der Waals surface area contributed by atoms with Gasteiger partial charge in [0.25, 0.3) is 0 Å². The van der Waals surface area contributed by atoms with Crippen LogP contribution in [0.25, 0.3) is 0 Å². The number of hydrogen-bond acceptors (Lipinski definition) is 4. The van der Waals surface area contributed by atoms with Gasteiger partial charge in [0.05, 0.1) is 11.8 Å². The molecule has 0 unspecified atom stereocenters. The molecule has 1 aliphatic carbocycles. The number of aromatic nitrogens is 2. The van der Waals surface area contributed by atoms with Crippen molar-refractivity contribution in [1.29, 1.82) is 0 Å². The lowest BCUT2D eigenvalue weighted by Crippen LogP contribution is -2.32. The van der Waals surface area contributed by atoms with Gasteiger partial charge in [-0.05, 0) is 12.8 Å². The molecule has 1 heterocycles. The maximum atomic E-state index is 12.1. The van der Waals surface area contributed by atoms with Crippen LogP contribution in [-0.2, 0) is 11.8 Å². The van der Waals surface area contributed by atoms with Crippen LogP contribution in [0.5, 0.6) is 0 Å². The van der Waals surface area contributed by atoms with Crippen LogP contribution in [0, 0.1) is 0 Å². The standard InChI is InChI=1S/C11H16F3N3O/c12-11(13,14)6-3-8-16-9(18-17-8)10(7-15)4-1-2-5-10/h1-7,15H2. The highest BCUT2D eigenvalue weighted by Crippen LogP contribution is 2.39. The van der Waals surface area contributed by atoms with E-state index in [-0.39, 0.29) is 17.7 Å². The van der Waals surface area contributed by atoms with Gasteiger partial charge in [-0.3, -0.25) is 0 Å². The highest BCUT2D eigenvalue weighted by molar-refractivity contribution is 5.09. The van der Waals surface area contributed by atoms with Gasteiger partial charge in [-0.2, -0.15) is 18.2 Å². The molecule has 0 aliphatic heterocycles. The Kier molecular flexibility index (Phi) is 3.61. The second-order valence-corrected chi connectivity index (χ2v) is 4.82. The van der Waals surface area contributed by atoms with Gasteiger partial charge < -0.3 is 10.3 Å². The van der Waals surface area contributed by atoms with Crippen molar-refractivity contribution in [3.63, 3.8) is 0 Å². The number of nitrogens with zero attached hydrogens (tertiary/aromatic N) is 2. The van der Waals surface area contributed by atoms with E-state index < -0.39 is 12.6 Å². The maximum Gasteiger partial charge on any atom is 0.389 e. The second kappa shape index (κ2) is 4.87. The first-order valence-corrected chi connectivity index (χ1v) is 6.05. The van der Waals surface area contributed by atoms with E-state index in [1.165, 1.54) is 0 Å². The lowest BCUT2D eigenvalue weighted by molar-refractivity contribution is -0.134. The topological polar surface area (TPSA) is 64.9 Å². The van der Waals surface area contributed by atoms with Crippen LogP contribution in [0.4, 0.5) is 13.2 Å². The average molecular weight is 263 g/mol. The summed E-state index contributed by atoms with van der Waals surface area (Å²) in [4.78, 5) is 4.08. The Hall–Kier alpha value is -1.11. The van der Waals surface area contributed by atoms with Gasteiger partial charge in [-0.15, -0.1) is 0 Å². The van der Waals surface area contributed by atoms with E-state index in [0.29, 0.717) is 12.4 Å². The van der Waals surface area contributed by atoms with Crippen LogP contribution in [0.3, 0.4) is 0 Å². The largest absolute Gasteiger partial charge is 0.389 e. The third kappa shape index (κ3) is 2.82. The number of hydrogen-bond donors (Lipinski definition) is 1. The van der Waals surface area contributed by atoms with E-state index in [1.807, 2.05) is 0 Å². The second-order valence-electron chi connectivity index (χ2n) is 4.82. The number of alkyl halides is 3. The molecule has 2 N–H and O–H groups in total. The van der Waals surface area contributed by atoms with Crippen molar-refractivity contribution in [2.24, 2.45) is 5.73 Å². The fourth-order valence-electron chi connectivity index (χ4n) is 2.38. The van der Waals surface area contributed by atoms with Crippen LogP contribution in [0.1, 0.15) is 43.8 Å². The van der Waals surface area contributed by atoms with Crippen molar-refractivity contribution in [2.75, 3.05) is 6.54 Å². The first-order valence-electron chi connectivity index (χ1n) is 6.05. The predicted octanol–water partition coefficient (Wildman–Crippen LogP) is 2.33. The average Bonchev–Trinajstić information content (AvgIpc) is 2.95. The van der Waals surface area contributed by atoms with Crippen LogP contribution in [0.2, 0.25) is 0 Å². The van der Waals surface area contributed by atoms with Crippen molar-refractivity contribution >= 4 is 0 Å². The van der Waals surface area contributed by atoms with Gasteiger partial charge in [0.2, 0.25) is 5.89 Å². The fraction of sp³-hybridized carbons (Fsp3) is 0.818. The van der Waals surface area contributed by atoms with E-state index in [4.69, 9.17) is 10.3 Å². The Morgan fingerprint density at radius 1 is 1.28 bits per heavy atom. The molecule has 18 heavy (non-hydrogen) atoms. The summed E-state index contributed by atoms with van der Waals surface area (Å²) in [5.74, 6) is 0.515. The van der Waals surface area contributed by atoms with Gasteiger partial charge in [-0.1, -0.05) is 18.0 Å². The molecule has 7 heteroatoms. The molecule has 1 aromatic heterocycles. The number of aryl methyl sites for hydroxylation is 1. The van der Waals surface area contributed by atoms with Crippen LogP contribution in [0.15, 0.2) is 4.52 Å². The van der Waals surface area contributed by atoms with E-state index >= 15 is 0 Å². The van der Waals surface area contributed by atoms with E-state index in [0.717, 1.165) is 25.7 Å². The minimum atomic E-state index is -4.19. The zero-order valence-electron chi connectivity index (χ0n) is 9.96. The highest BCUT2D eigenvalue weighted by Gasteiger charge is 2.39. The third-order valence-corrected chi connectivity index (χ3v) is 3.51. The lowest BCUT2D eigenvalue weighted by Gasteiger charge is -2.21. The first kappa shape index (κ1) is 13.3. The fourth-order valence-corrected chi connectivity index (χ4v) is 2.38. The molecule has 0 atom stereocenters. The smallest absolute Gasteiger partial charge is 0.339 e. The Morgan fingerprint density at radius 2 is 1.94 bits per heavy atom. The molecule has 1 aliphatic rings. The zero-order valence-corrected chi connectivity index (χ0v) is 9.96. The molecule has 1 fully saturated rings. The Labute approximate surface area is 103 Å². The van der Waals surface area contributed by atoms with Crippen molar-refractivity contribution in [2.45, 2.75) is 50.1 Å². The molecule has 0 amide bonds. The van der Waals surface area contributed by atoms with Crippen molar-refractivity contribution in [3.8, 4) is 0 Å². The van der Waals surface area contributed by atoms with Crippen molar-refractivity contribution in [1.82, 2.24) is 10.1 Å². The van der Waals surface area contributed by atoms with Gasteiger partial charge in [0.1, 0.15) is 0 Å². The zero-order chi connectivity index (χ0) is 13.2. The SMILES string of the molecule is NCC1(c2nc(CCC(F)(F)F)no2)CCCC1. The molecule has 2 rings (SSSR count). The van der Waals surface area contributed by atoms with Crippen LogP contribution >= 0.6 is 0 Å². The van der Waals surface area contributed by atoms with Crippen LogP contribution < -0.4 is 5.73 Å². The van der Waals surface area contributed by atoms with Gasteiger partial charge in [0.15, 0.2) is 5.82 Å². The number of halogens is 3. The molecule has 102 valence electrons. The Morgan fingerprint density at radius 3 is 2.50 bits per heavy atom. The third-order valence-electron chi connectivity index (χ3n) is 3.51. The monoisotopic (exact) mass is 263 g/mol. The van der Waals surface area contributed by atoms with Gasteiger partial charge in [0, 0.05) is 13.0 Å². The normalized spacial score (nSPS) is 19.3. The molecular formula is C11H16F3N3O. The summed E-state index contributed by atoms with van der Waals surface area (Å²) in [5, 5.41) is 3.62. The van der Waals surface area contributed by atoms with E-state index in [9.17, 15) is 13.2 Å². The molecule has 1 aromatic rings. The van der Waals surface area contributed by atoms with Crippen molar-refractivity contribution in [3.05, 3.63) is 11.7 Å². The summed E-state index contributed by atoms with van der Waals surface area (Å²) < 4.78 is 41.4. The first-order chi connectivity index (χ1) is 8.45. The molecule has 0 spiro atoms. The molecule has 0 bridgehead atoms. The Balaban J connectivity index is 2.05. The molecular weight excluding hydrogens is 247 g/mol. The molecule has 0 radical (unpaired) electrons. The number of nitrogens with two attached hydrogens (primary N) is 1. The maximum absolute atomic E-state index is 12.1. The van der Waals surface area contributed by atoms with E-state index in [2.05, 4.69) is 10.1 Å². The quantitative estimate of drug-likeness (QED) is 0.905. The molecule has 1 saturated carbocycles. The molecule has 4 nitrogen and oxygen atoms in total. The number of rotatable bonds is 4. The van der Waals surface area contributed by atoms with Crippen LogP contribution in [-0.4, -0.2) is 22.9 Å². The Bertz CT molecular complexity index is 396.